The molecule has 4 aromatic rings. The Kier molecular flexibility index (Phi) is 10.5. The maximum atomic E-state index is 13.1. The molecule has 1 N–H and O–H groups in total. The minimum Gasteiger partial charge on any atom is -0.481 e. The molecule has 2 aliphatic rings. The van der Waals surface area contributed by atoms with Crippen LogP contribution in [-0.2, 0) is 33.1 Å². The summed E-state index contributed by atoms with van der Waals surface area (Å²) in [6.45, 7) is 4.49. The molecule has 0 spiro atoms. The highest BCUT2D eigenvalue weighted by Gasteiger charge is 2.27. The summed E-state index contributed by atoms with van der Waals surface area (Å²) in [5.74, 6) is 2.72. The van der Waals surface area contributed by atoms with Crippen molar-refractivity contribution in [2.75, 3.05) is 67.8 Å². The van der Waals surface area contributed by atoms with Gasteiger partial charge in [-0.1, -0.05) is 0 Å². The quantitative estimate of drug-likeness (QED) is 0.228. The molecule has 2 fully saturated rings. The summed E-state index contributed by atoms with van der Waals surface area (Å²) >= 11 is 0. The first-order valence-electron chi connectivity index (χ1n) is 16.6. The van der Waals surface area contributed by atoms with Gasteiger partial charge in [0.1, 0.15) is 17.7 Å². The fourth-order valence-corrected chi connectivity index (χ4v) is 6.75. The van der Waals surface area contributed by atoms with E-state index in [-0.39, 0.29) is 31.2 Å². The number of nitrogens with zero attached hydrogens (tertiary/aromatic N) is 9. The summed E-state index contributed by atoms with van der Waals surface area (Å²) in [7, 11) is 1.53. The minimum absolute atomic E-state index is 0.0784. The molecule has 1 aliphatic heterocycles. The molecule has 16 nitrogen and oxygen atoms in total. The highest BCUT2D eigenvalue weighted by atomic mass is 32.2. The fourth-order valence-electron chi connectivity index (χ4n) is 5.90. The number of ether oxygens (including phenoxy) is 3. The summed E-state index contributed by atoms with van der Waals surface area (Å²) in [6, 6.07) is 3.87. The first-order valence-corrected chi connectivity index (χ1v) is 18.5. The lowest BCUT2D eigenvalue weighted by Gasteiger charge is -2.31. The second-order valence-corrected chi connectivity index (χ2v) is 14.7. The van der Waals surface area contributed by atoms with Crippen molar-refractivity contribution in [2.45, 2.75) is 51.3 Å². The normalized spacial score (nSPS) is 18.1. The van der Waals surface area contributed by atoms with Gasteiger partial charge in [-0.15, -0.1) is 0 Å². The van der Waals surface area contributed by atoms with E-state index in [2.05, 4.69) is 25.2 Å². The Hall–Kier alpha value is -4.77. The van der Waals surface area contributed by atoms with Crippen molar-refractivity contribution in [3.63, 3.8) is 0 Å². The van der Waals surface area contributed by atoms with E-state index >= 15 is 0 Å². The minimum atomic E-state index is -3.67. The number of likely N-dealkylation sites (N-methyl/N-ethyl adjacent to an activating group) is 1. The average molecular weight is 709 g/mol. The van der Waals surface area contributed by atoms with E-state index in [1.165, 1.54) is 15.5 Å². The standard InChI is InChI=1S/C33H44N10O6S/c1-22-34-17-25(41(22)4)20-43(50(5,45)46)24-14-28-29(35-16-24)15-30(42-10-12-47-13-11-42)39-32(28)49-26-8-6-23(7-9-26)38-33-36-18-27(19-37-33)48-21-31(44)40(2)3/h14-19,23,26H,6-13,20-21H2,1-5H3,(H,36,37,38). The lowest BCUT2D eigenvalue weighted by atomic mass is 9.93. The molecule has 268 valence electrons. The highest BCUT2D eigenvalue weighted by molar-refractivity contribution is 7.92. The number of aromatic nitrogens is 6. The van der Waals surface area contributed by atoms with E-state index in [0.717, 1.165) is 43.0 Å². The van der Waals surface area contributed by atoms with Gasteiger partial charge in [-0.25, -0.2) is 23.4 Å². The highest BCUT2D eigenvalue weighted by Crippen LogP contribution is 2.34. The van der Waals surface area contributed by atoms with Gasteiger partial charge in [0.05, 0.1) is 73.1 Å². The van der Waals surface area contributed by atoms with Gasteiger partial charge in [0.15, 0.2) is 12.4 Å². The van der Waals surface area contributed by atoms with Crippen molar-refractivity contribution < 1.29 is 27.4 Å². The van der Waals surface area contributed by atoms with Gasteiger partial charge in [-0.3, -0.25) is 14.1 Å². The molecule has 0 atom stereocenters. The number of rotatable bonds is 12. The number of hydrogen-bond donors (Lipinski definition) is 1. The van der Waals surface area contributed by atoms with E-state index in [0.29, 0.717) is 60.5 Å². The second-order valence-electron chi connectivity index (χ2n) is 12.8. The van der Waals surface area contributed by atoms with Crippen molar-refractivity contribution in [1.29, 1.82) is 0 Å². The predicted octanol–water partition coefficient (Wildman–Crippen LogP) is 2.53. The number of imidazole rings is 1. The molecule has 0 radical (unpaired) electrons. The van der Waals surface area contributed by atoms with E-state index in [1.54, 1.807) is 44.9 Å². The Morgan fingerprint density at radius 1 is 1.02 bits per heavy atom. The number of aryl methyl sites for hydroxylation is 1. The first-order chi connectivity index (χ1) is 23.9. The number of hydrogen-bond acceptors (Lipinski definition) is 13. The molecule has 0 bridgehead atoms. The Morgan fingerprint density at radius 3 is 2.38 bits per heavy atom. The van der Waals surface area contributed by atoms with E-state index in [9.17, 15) is 13.2 Å². The van der Waals surface area contributed by atoms with Crippen molar-refractivity contribution in [3.05, 3.63) is 48.4 Å². The molecule has 1 saturated heterocycles. The number of nitrogens with one attached hydrogen (secondary N) is 1. The lowest BCUT2D eigenvalue weighted by molar-refractivity contribution is -0.130. The SMILES string of the molecule is Cc1ncc(CN(c2cnc3cc(N4CCOCC4)nc(OC4CCC(Nc5ncc(OCC(=O)N(C)C)cn5)CC4)c3c2)S(C)(=O)=O)n1C. The van der Waals surface area contributed by atoms with Crippen LogP contribution in [0.1, 0.15) is 37.2 Å². The number of pyridine rings is 2. The molecule has 5 heterocycles. The Bertz CT molecular complexity index is 1910. The smallest absolute Gasteiger partial charge is 0.259 e. The number of carbonyl (C=O) groups is 1. The van der Waals surface area contributed by atoms with E-state index < -0.39 is 10.0 Å². The van der Waals surface area contributed by atoms with Gasteiger partial charge in [-0.05, 0) is 38.7 Å². The maximum absolute atomic E-state index is 13.1. The molecule has 17 heteroatoms. The number of sulfonamides is 1. The summed E-state index contributed by atoms with van der Waals surface area (Å²) in [5, 5.41) is 4.03. The zero-order chi connectivity index (χ0) is 35.4. The van der Waals surface area contributed by atoms with Crippen LogP contribution < -0.4 is 24.0 Å². The summed E-state index contributed by atoms with van der Waals surface area (Å²) < 4.78 is 47.0. The molecule has 1 saturated carbocycles. The zero-order valence-electron chi connectivity index (χ0n) is 29.1. The van der Waals surface area contributed by atoms with Crippen LogP contribution in [0.3, 0.4) is 0 Å². The number of anilines is 3. The summed E-state index contributed by atoms with van der Waals surface area (Å²) in [5.41, 5.74) is 1.83. The maximum Gasteiger partial charge on any atom is 0.259 e. The number of fused-ring (bicyclic) bond motifs is 1. The Morgan fingerprint density at radius 2 is 1.74 bits per heavy atom. The molecule has 4 aromatic heterocycles. The molecule has 6 rings (SSSR count). The molecule has 0 unspecified atom stereocenters. The fraction of sp³-hybridized carbons (Fsp3) is 0.515. The number of amides is 1. The van der Waals surface area contributed by atoms with Crippen LogP contribution in [0.25, 0.3) is 10.9 Å². The monoisotopic (exact) mass is 708 g/mol. The van der Waals surface area contributed by atoms with Crippen molar-refractivity contribution in [3.8, 4) is 11.6 Å². The van der Waals surface area contributed by atoms with Crippen LogP contribution in [0.15, 0.2) is 36.9 Å². The van der Waals surface area contributed by atoms with Gasteiger partial charge in [0, 0.05) is 46.3 Å². The van der Waals surface area contributed by atoms with Gasteiger partial charge in [-0.2, -0.15) is 4.98 Å². The summed E-state index contributed by atoms with van der Waals surface area (Å²) in [6.07, 6.45) is 10.6. The van der Waals surface area contributed by atoms with Crippen LogP contribution in [-0.4, -0.2) is 114 Å². The van der Waals surface area contributed by atoms with Crippen LogP contribution in [0.5, 0.6) is 11.6 Å². The topological polar surface area (TPSA) is 170 Å². The van der Waals surface area contributed by atoms with Crippen LogP contribution in [0.4, 0.5) is 17.5 Å². The predicted molar refractivity (Wildman–Crippen MR) is 188 cm³/mol. The zero-order valence-corrected chi connectivity index (χ0v) is 29.9. The lowest BCUT2D eigenvalue weighted by Crippen LogP contribution is -2.37. The summed E-state index contributed by atoms with van der Waals surface area (Å²) in [4.78, 5) is 38.1. The van der Waals surface area contributed by atoms with Crippen molar-refractivity contribution in [1.82, 2.24) is 34.4 Å². The second kappa shape index (κ2) is 15.0. The Balaban J connectivity index is 1.19. The van der Waals surface area contributed by atoms with E-state index in [1.807, 2.05) is 24.6 Å². The van der Waals surface area contributed by atoms with Crippen LogP contribution >= 0.6 is 0 Å². The molecule has 50 heavy (non-hydrogen) atoms. The third kappa shape index (κ3) is 8.33. The molecule has 0 aromatic carbocycles. The number of carbonyl (C=O) groups excluding carboxylic acids is 1. The third-order valence-corrected chi connectivity index (χ3v) is 10.2. The van der Waals surface area contributed by atoms with E-state index in [4.69, 9.17) is 24.2 Å². The van der Waals surface area contributed by atoms with Crippen molar-refractivity contribution >= 4 is 44.3 Å². The first kappa shape index (κ1) is 35.1. The van der Waals surface area contributed by atoms with Crippen LogP contribution in [0.2, 0.25) is 0 Å². The molecular weight excluding hydrogens is 664 g/mol. The average Bonchev–Trinajstić information content (AvgIpc) is 3.43. The van der Waals surface area contributed by atoms with Gasteiger partial charge in [0.25, 0.3) is 5.91 Å². The molecular formula is C33H44N10O6S. The largest absolute Gasteiger partial charge is 0.481 e. The Labute approximate surface area is 291 Å². The molecule has 1 aliphatic carbocycles. The molecule has 1 amide bonds. The van der Waals surface area contributed by atoms with Crippen LogP contribution in [0, 0.1) is 6.92 Å². The van der Waals surface area contributed by atoms with Gasteiger partial charge < -0.3 is 33.9 Å². The third-order valence-electron chi connectivity index (χ3n) is 9.04. The van der Waals surface area contributed by atoms with Gasteiger partial charge in [0.2, 0.25) is 21.9 Å². The van der Waals surface area contributed by atoms with Gasteiger partial charge >= 0.3 is 0 Å². The number of morpholine rings is 1. The van der Waals surface area contributed by atoms with Crippen molar-refractivity contribution in [2.24, 2.45) is 7.05 Å².